The number of aliphatic hydroxyl groups excluding tert-OH is 1. The fourth-order valence-electron chi connectivity index (χ4n) is 2.89. The number of amides is 1. The van der Waals surface area contributed by atoms with E-state index >= 15 is 4.39 Å². The largest absolute Gasteiger partial charge is 0.453 e. The summed E-state index contributed by atoms with van der Waals surface area (Å²) in [6.07, 6.45) is 0.838. The van der Waals surface area contributed by atoms with Gasteiger partial charge in [-0.05, 0) is 31.5 Å². The summed E-state index contributed by atoms with van der Waals surface area (Å²) in [6, 6.07) is 11.6. The number of benzene rings is 2. The molecule has 2 aromatic rings. The zero-order valence-corrected chi connectivity index (χ0v) is 16.8. The number of carbonyl (C=O) groups is 1. The van der Waals surface area contributed by atoms with E-state index in [0.29, 0.717) is 17.7 Å². The number of rotatable bonds is 10. The zero-order chi connectivity index (χ0) is 20.5. The lowest BCUT2D eigenvalue weighted by Crippen LogP contribution is -2.36. The molecule has 1 amide bonds. The normalized spacial score (nSPS) is 13.0. The lowest BCUT2D eigenvalue weighted by Gasteiger charge is -2.24. The van der Waals surface area contributed by atoms with Gasteiger partial charge in [0.2, 0.25) is 5.91 Å². The Kier molecular flexibility index (Phi) is 8.70. The van der Waals surface area contributed by atoms with Gasteiger partial charge in [-0.1, -0.05) is 42.8 Å². The van der Waals surface area contributed by atoms with Crippen molar-refractivity contribution in [2.75, 3.05) is 13.2 Å². The molecule has 0 spiro atoms. The van der Waals surface area contributed by atoms with Gasteiger partial charge < -0.3 is 20.5 Å². The Labute approximate surface area is 169 Å². The van der Waals surface area contributed by atoms with Gasteiger partial charge in [-0.3, -0.25) is 4.79 Å². The van der Waals surface area contributed by atoms with Gasteiger partial charge in [-0.2, -0.15) is 0 Å². The minimum atomic E-state index is -0.521. The Morgan fingerprint density at radius 3 is 2.61 bits per heavy atom. The highest BCUT2D eigenvalue weighted by molar-refractivity contribution is 6.32. The second-order valence-electron chi connectivity index (χ2n) is 6.50. The lowest BCUT2D eigenvalue weighted by molar-refractivity contribution is -0.121. The van der Waals surface area contributed by atoms with Gasteiger partial charge in [-0.15, -0.1) is 0 Å². The topological polar surface area (TPSA) is 70.6 Å². The molecular formula is C21H26ClFN2O3. The van der Waals surface area contributed by atoms with Gasteiger partial charge in [0.1, 0.15) is 5.75 Å². The van der Waals surface area contributed by atoms with Crippen LogP contribution in [0.2, 0.25) is 5.02 Å². The predicted octanol–water partition coefficient (Wildman–Crippen LogP) is 4.20. The highest BCUT2D eigenvalue weighted by atomic mass is 35.5. The summed E-state index contributed by atoms with van der Waals surface area (Å²) in [5, 5.41) is 14.9. The standard InChI is InChI=1S/C21H26ClFN2O3/c1-3-18(25-14(2)13-19(27)24-11-12-26)16-9-10-17(22)21(20(16)23)28-15-7-5-4-6-8-15/h4-10,14,18,25-26H,3,11-13H2,1-2H3,(H,24,27)/t14-,18-/m1/s1. The van der Waals surface area contributed by atoms with Crippen molar-refractivity contribution in [2.45, 2.75) is 38.8 Å². The van der Waals surface area contributed by atoms with E-state index in [2.05, 4.69) is 10.6 Å². The van der Waals surface area contributed by atoms with Gasteiger partial charge in [-0.25, -0.2) is 4.39 Å². The van der Waals surface area contributed by atoms with Crippen LogP contribution in [0.25, 0.3) is 0 Å². The number of aliphatic hydroxyl groups is 1. The fraction of sp³-hybridized carbons (Fsp3) is 0.381. The first kappa shape index (κ1) is 22.1. The Balaban J connectivity index is 2.15. The summed E-state index contributed by atoms with van der Waals surface area (Å²) in [4.78, 5) is 11.8. The molecule has 0 saturated heterocycles. The maximum absolute atomic E-state index is 15.2. The molecule has 0 bridgehead atoms. The van der Waals surface area contributed by atoms with Crippen molar-refractivity contribution in [1.82, 2.24) is 10.6 Å². The third-order valence-corrected chi connectivity index (χ3v) is 4.53. The molecule has 0 fully saturated rings. The summed E-state index contributed by atoms with van der Waals surface area (Å²) in [5.74, 6) is -0.212. The molecule has 0 aliphatic carbocycles. The molecule has 28 heavy (non-hydrogen) atoms. The van der Waals surface area contributed by atoms with Gasteiger partial charge >= 0.3 is 0 Å². The van der Waals surface area contributed by atoms with Crippen LogP contribution in [0.5, 0.6) is 11.5 Å². The van der Waals surface area contributed by atoms with Crippen molar-refractivity contribution in [3.8, 4) is 11.5 Å². The SMILES string of the molecule is CC[C@@H](N[C@H](C)CC(=O)NCCO)c1ccc(Cl)c(Oc2ccccc2)c1F. The molecule has 152 valence electrons. The second kappa shape index (κ2) is 11.0. The van der Waals surface area contributed by atoms with Crippen molar-refractivity contribution < 1.29 is 19.0 Å². The smallest absolute Gasteiger partial charge is 0.221 e. The number of ether oxygens (including phenoxy) is 1. The predicted molar refractivity (Wildman–Crippen MR) is 108 cm³/mol. The molecule has 2 rings (SSSR count). The number of carbonyl (C=O) groups excluding carboxylic acids is 1. The molecule has 0 unspecified atom stereocenters. The van der Waals surface area contributed by atoms with Gasteiger partial charge in [0.25, 0.3) is 0 Å². The molecule has 0 aliphatic rings. The van der Waals surface area contributed by atoms with E-state index in [-0.39, 0.29) is 48.3 Å². The summed E-state index contributed by atoms with van der Waals surface area (Å²) >= 11 is 6.16. The Bertz CT molecular complexity index is 774. The minimum Gasteiger partial charge on any atom is -0.453 e. The maximum Gasteiger partial charge on any atom is 0.221 e. The van der Waals surface area contributed by atoms with Crippen LogP contribution >= 0.6 is 11.6 Å². The molecule has 2 aromatic carbocycles. The first-order chi connectivity index (χ1) is 13.5. The summed E-state index contributed by atoms with van der Waals surface area (Å²) in [5.41, 5.74) is 0.431. The van der Waals surface area contributed by atoms with E-state index in [0.717, 1.165) is 0 Å². The van der Waals surface area contributed by atoms with Crippen molar-refractivity contribution in [1.29, 1.82) is 0 Å². The van der Waals surface area contributed by atoms with E-state index in [4.69, 9.17) is 21.4 Å². The highest BCUT2D eigenvalue weighted by Crippen LogP contribution is 2.36. The van der Waals surface area contributed by atoms with Crippen molar-refractivity contribution >= 4 is 17.5 Å². The van der Waals surface area contributed by atoms with Gasteiger partial charge in [0.15, 0.2) is 11.6 Å². The van der Waals surface area contributed by atoms with Crippen LogP contribution in [-0.4, -0.2) is 30.2 Å². The second-order valence-corrected chi connectivity index (χ2v) is 6.91. The molecule has 5 nitrogen and oxygen atoms in total. The first-order valence-corrected chi connectivity index (χ1v) is 9.68. The first-order valence-electron chi connectivity index (χ1n) is 9.30. The number of para-hydroxylation sites is 1. The molecule has 2 atom stereocenters. The van der Waals surface area contributed by atoms with Crippen LogP contribution in [0.3, 0.4) is 0 Å². The summed E-state index contributed by atoms with van der Waals surface area (Å²) in [6.45, 7) is 3.90. The number of nitrogens with one attached hydrogen (secondary N) is 2. The lowest BCUT2D eigenvalue weighted by atomic mass is 10.0. The molecule has 0 aliphatic heterocycles. The average Bonchev–Trinajstić information content (AvgIpc) is 2.69. The summed E-state index contributed by atoms with van der Waals surface area (Å²) in [7, 11) is 0. The Morgan fingerprint density at radius 1 is 1.25 bits per heavy atom. The number of hydrogen-bond donors (Lipinski definition) is 3. The van der Waals surface area contributed by atoms with Crippen LogP contribution < -0.4 is 15.4 Å². The van der Waals surface area contributed by atoms with E-state index in [1.165, 1.54) is 0 Å². The van der Waals surface area contributed by atoms with Crippen LogP contribution in [0.4, 0.5) is 4.39 Å². The average molecular weight is 409 g/mol. The molecule has 0 radical (unpaired) electrons. The van der Waals surface area contributed by atoms with Crippen molar-refractivity contribution in [3.63, 3.8) is 0 Å². The third kappa shape index (κ3) is 6.19. The van der Waals surface area contributed by atoms with E-state index in [1.807, 2.05) is 19.9 Å². The van der Waals surface area contributed by atoms with Crippen LogP contribution in [-0.2, 0) is 4.79 Å². The third-order valence-electron chi connectivity index (χ3n) is 4.24. The maximum atomic E-state index is 15.2. The van der Waals surface area contributed by atoms with Crippen LogP contribution in [0.1, 0.15) is 38.3 Å². The van der Waals surface area contributed by atoms with Crippen LogP contribution in [0.15, 0.2) is 42.5 Å². The Hall–Kier alpha value is -2.15. The molecule has 0 aromatic heterocycles. The monoisotopic (exact) mass is 408 g/mol. The molecule has 0 saturated carbocycles. The van der Waals surface area contributed by atoms with E-state index in [9.17, 15) is 4.79 Å². The zero-order valence-electron chi connectivity index (χ0n) is 16.0. The number of halogens is 2. The van der Waals surface area contributed by atoms with Gasteiger partial charge in [0, 0.05) is 30.6 Å². The highest BCUT2D eigenvalue weighted by Gasteiger charge is 2.22. The van der Waals surface area contributed by atoms with E-state index in [1.54, 1.807) is 36.4 Å². The fourth-order valence-corrected chi connectivity index (χ4v) is 3.08. The molecule has 7 heteroatoms. The summed E-state index contributed by atoms with van der Waals surface area (Å²) < 4.78 is 20.8. The van der Waals surface area contributed by atoms with Gasteiger partial charge in [0.05, 0.1) is 11.6 Å². The van der Waals surface area contributed by atoms with Crippen LogP contribution in [0, 0.1) is 5.82 Å². The molecular weight excluding hydrogens is 383 g/mol. The van der Waals surface area contributed by atoms with E-state index < -0.39 is 5.82 Å². The van der Waals surface area contributed by atoms with Crippen molar-refractivity contribution in [3.05, 3.63) is 58.9 Å². The minimum absolute atomic E-state index is 0.0149. The molecule has 3 N–H and O–H groups in total. The number of hydrogen-bond acceptors (Lipinski definition) is 4. The molecule has 0 heterocycles. The van der Waals surface area contributed by atoms with Crippen molar-refractivity contribution in [2.24, 2.45) is 0 Å². The Morgan fingerprint density at radius 2 is 1.96 bits per heavy atom. The quantitative estimate of drug-likeness (QED) is 0.551.